The molecule has 1 unspecified atom stereocenters. The quantitative estimate of drug-likeness (QED) is 0.736. The molecule has 1 saturated heterocycles. The van der Waals surface area contributed by atoms with Gasteiger partial charge in [0.2, 0.25) is 0 Å². The van der Waals surface area contributed by atoms with Crippen LogP contribution in [0.1, 0.15) is 29.5 Å². The number of nitrogens with one attached hydrogen (secondary N) is 1. The predicted octanol–water partition coefficient (Wildman–Crippen LogP) is 2.72. The Labute approximate surface area is 167 Å². The number of thiophene rings is 1. The van der Waals surface area contributed by atoms with Crippen molar-refractivity contribution < 1.29 is 4.79 Å². The second kappa shape index (κ2) is 8.02. The summed E-state index contributed by atoms with van der Waals surface area (Å²) in [6.07, 6.45) is 1.79. The molecule has 1 aliphatic heterocycles. The number of urea groups is 1. The zero-order chi connectivity index (χ0) is 19.5. The summed E-state index contributed by atoms with van der Waals surface area (Å²) in [5, 5.41) is 9.50. The van der Waals surface area contributed by atoms with Crippen LogP contribution in [0.5, 0.6) is 0 Å². The van der Waals surface area contributed by atoms with E-state index >= 15 is 0 Å². The van der Waals surface area contributed by atoms with Gasteiger partial charge in [0.1, 0.15) is 5.82 Å². The lowest BCUT2D eigenvalue weighted by atomic mass is 9.97. The average molecular weight is 398 g/mol. The molecule has 2 aromatic heterocycles. The van der Waals surface area contributed by atoms with E-state index in [1.807, 2.05) is 52.7 Å². The number of hydrogen-bond donors (Lipinski definition) is 1. The Morgan fingerprint density at radius 2 is 2.07 bits per heavy atom. The fraction of sp³-hybridized carbons (Fsp3) is 0.350. The third-order valence-electron chi connectivity index (χ3n) is 5.03. The summed E-state index contributed by atoms with van der Waals surface area (Å²) in [4.78, 5) is 28.2. The summed E-state index contributed by atoms with van der Waals surface area (Å²) >= 11 is 1.63. The van der Waals surface area contributed by atoms with E-state index in [1.165, 1.54) is 4.68 Å². The molecule has 1 atom stereocenters. The third kappa shape index (κ3) is 3.73. The lowest BCUT2D eigenvalue weighted by Crippen LogP contribution is -2.45. The van der Waals surface area contributed by atoms with Crippen LogP contribution in [0.25, 0.3) is 5.69 Å². The van der Waals surface area contributed by atoms with E-state index in [1.54, 1.807) is 23.0 Å². The number of carbonyl (C=O) groups is 1. The van der Waals surface area contributed by atoms with Gasteiger partial charge < -0.3 is 10.2 Å². The van der Waals surface area contributed by atoms with Crippen LogP contribution in [0.4, 0.5) is 4.79 Å². The number of amides is 2. The molecule has 0 radical (unpaired) electrons. The van der Waals surface area contributed by atoms with Gasteiger partial charge in [-0.2, -0.15) is 5.10 Å². The molecule has 0 saturated carbocycles. The van der Waals surface area contributed by atoms with Crippen molar-refractivity contribution in [1.82, 2.24) is 24.6 Å². The molecule has 0 spiro atoms. The minimum atomic E-state index is -0.166. The molecule has 146 valence electrons. The van der Waals surface area contributed by atoms with Crippen LogP contribution in [-0.2, 0) is 13.6 Å². The average Bonchev–Trinajstić information content (AvgIpc) is 3.35. The number of nitrogens with zero attached hydrogens (tertiary/aromatic N) is 4. The molecule has 1 fully saturated rings. The predicted molar refractivity (Wildman–Crippen MR) is 109 cm³/mol. The zero-order valence-electron chi connectivity index (χ0n) is 15.7. The molecular weight excluding hydrogens is 374 g/mol. The number of aromatic nitrogens is 3. The highest BCUT2D eigenvalue weighted by Crippen LogP contribution is 2.26. The number of para-hydroxylation sites is 1. The topological polar surface area (TPSA) is 72.2 Å². The van der Waals surface area contributed by atoms with Crippen LogP contribution in [0, 0.1) is 0 Å². The second-order valence-electron chi connectivity index (χ2n) is 6.96. The number of benzene rings is 1. The molecular formula is C20H23N5O2S. The summed E-state index contributed by atoms with van der Waals surface area (Å²) < 4.78 is 3.04. The largest absolute Gasteiger partial charge is 0.350 e. The van der Waals surface area contributed by atoms with Gasteiger partial charge in [-0.15, -0.1) is 11.3 Å². The van der Waals surface area contributed by atoms with Crippen molar-refractivity contribution in [3.05, 3.63) is 69.0 Å². The number of hydrogen-bond acceptors (Lipinski definition) is 4. The molecule has 0 bridgehead atoms. The second-order valence-corrected chi connectivity index (χ2v) is 7.99. The van der Waals surface area contributed by atoms with Crippen molar-refractivity contribution in [3.63, 3.8) is 0 Å². The third-order valence-corrected chi connectivity index (χ3v) is 5.91. The molecule has 1 aromatic carbocycles. The summed E-state index contributed by atoms with van der Waals surface area (Å²) in [7, 11) is 1.67. The van der Waals surface area contributed by atoms with Crippen LogP contribution in [0.15, 0.2) is 52.6 Å². The molecule has 2 amide bonds. The minimum absolute atomic E-state index is 0.0235. The molecule has 8 heteroatoms. The van der Waals surface area contributed by atoms with Crippen molar-refractivity contribution in [3.8, 4) is 5.69 Å². The van der Waals surface area contributed by atoms with Crippen LogP contribution >= 0.6 is 11.3 Å². The smallest absolute Gasteiger partial charge is 0.333 e. The number of piperidine rings is 1. The van der Waals surface area contributed by atoms with E-state index in [-0.39, 0.29) is 17.6 Å². The Kier molecular flexibility index (Phi) is 5.29. The fourth-order valence-corrected chi connectivity index (χ4v) is 4.27. The molecule has 7 nitrogen and oxygen atoms in total. The first-order chi connectivity index (χ1) is 13.6. The van der Waals surface area contributed by atoms with E-state index in [2.05, 4.69) is 10.4 Å². The summed E-state index contributed by atoms with van der Waals surface area (Å²) in [5.41, 5.74) is 0.635. The first-order valence-electron chi connectivity index (χ1n) is 9.40. The molecule has 1 N–H and O–H groups in total. The maximum absolute atomic E-state index is 12.7. The van der Waals surface area contributed by atoms with Gasteiger partial charge in [0.25, 0.3) is 0 Å². The lowest BCUT2D eigenvalue weighted by Gasteiger charge is -2.32. The van der Waals surface area contributed by atoms with Gasteiger partial charge in [-0.25, -0.2) is 18.8 Å². The van der Waals surface area contributed by atoms with Gasteiger partial charge in [-0.3, -0.25) is 0 Å². The standard InChI is InChI=1S/C20H23N5O2S/c1-23-20(27)25(16-8-3-2-4-9-16)18(22-23)15-7-5-11-24(14-15)19(26)21-13-17-10-6-12-28-17/h2-4,6,8-10,12,15H,5,7,11,13-14H2,1H3,(H,21,26). The van der Waals surface area contributed by atoms with Crippen molar-refractivity contribution in [1.29, 1.82) is 0 Å². The number of carbonyl (C=O) groups excluding carboxylic acids is 1. The maximum atomic E-state index is 12.7. The monoisotopic (exact) mass is 397 g/mol. The Morgan fingerprint density at radius 1 is 1.25 bits per heavy atom. The van der Waals surface area contributed by atoms with Gasteiger partial charge >= 0.3 is 11.7 Å². The zero-order valence-corrected chi connectivity index (χ0v) is 16.6. The van der Waals surface area contributed by atoms with E-state index in [0.29, 0.717) is 13.1 Å². The Bertz CT molecular complexity index is 994. The van der Waals surface area contributed by atoms with Gasteiger partial charge in [0, 0.05) is 30.9 Å². The Morgan fingerprint density at radius 3 is 2.82 bits per heavy atom. The van der Waals surface area contributed by atoms with E-state index < -0.39 is 0 Å². The lowest BCUT2D eigenvalue weighted by molar-refractivity contribution is 0.177. The molecule has 4 rings (SSSR count). The highest BCUT2D eigenvalue weighted by molar-refractivity contribution is 7.09. The summed E-state index contributed by atoms with van der Waals surface area (Å²) in [6.45, 7) is 1.81. The number of likely N-dealkylation sites (tertiary alicyclic amines) is 1. The van der Waals surface area contributed by atoms with Gasteiger partial charge in [0.05, 0.1) is 12.2 Å². The molecule has 0 aliphatic carbocycles. The van der Waals surface area contributed by atoms with E-state index in [4.69, 9.17) is 0 Å². The van der Waals surface area contributed by atoms with Crippen LogP contribution in [0.2, 0.25) is 0 Å². The number of rotatable bonds is 4. The molecule has 1 aliphatic rings. The molecule has 3 heterocycles. The van der Waals surface area contributed by atoms with Crippen molar-refractivity contribution in [2.24, 2.45) is 7.05 Å². The maximum Gasteiger partial charge on any atom is 0.350 e. The van der Waals surface area contributed by atoms with E-state index in [9.17, 15) is 9.59 Å². The number of aryl methyl sites for hydroxylation is 1. The fourth-order valence-electron chi connectivity index (χ4n) is 3.63. The Hall–Kier alpha value is -2.87. The first kappa shape index (κ1) is 18.5. The van der Waals surface area contributed by atoms with Gasteiger partial charge in [0.15, 0.2) is 0 Å². The molecule has 28 heavy (non-hydrogen) atoms. The molecule has 3 aromatic rings. The van der Waals surface area contributed by atoms with Crippen molar-refractivity contribution in [2.45, 2.75) is 25.3 Å². The highest BCUT2D eigenvalue weighted by Gasteiger charge is 2.29. The minimum Gasteiger partial charge on any atom is -0.333 e. The van der Waals surface area contributed by atoms with Crippen LogP contribution in [0.3, 0.4) is 0 Å². The normalized spacial score (nSPS) is 16.9. The van der Waals surface area contributed by atoms with Crippen molar-refractivity contribution in [2.75, 3.05) is 13.1 Å². The SMILES string of the molecule is Cn1nc(C2CCCN(C(=O)NCc3cccs3)C2)n(-c2ccccc2)c1=O. The van der Waals surface area contributed by atoms with Crippen molar-refractivity contribution >= 4 is 17.4 Å². The summed E-state index contributed by atoms with van der Waals surface area (Å²) in [6, 6.07) is 13.5. The first-order valence-corrected chi connectivity index (χ1v) is 10.3. The van der Waals surface area contributed by atoms with Gasteiger partial charge in [-0.05, 0) is 36.4 Å². The van der Waals surface area contributed by atoms with Crippen LogP contribution in [-0.4, -0.2) is 38.4 Å². The highest BCUT2D eigenvalue weighted by atomic mass is 32.1. The van der Waals surface area contributed by atoms with Gasteiger partial charge in [-0.1, -0.05) is 24.3 Å². The van der Waals surface area contributed by atoms with Crippen LogP contribution < -0.4 is 11.0 Å². The van der Waals surface area contributed by atoms with E-state index in [0.717, 1.165) is 35.8 Å². The summed E-state index contributed by atoms with van der Waals surface area (Å²) in [5.74, 6) is 0.741. The Balaban J connectivity index is 1.53.